The van der Waals surface area contributed by atoms with Gasteiger partial charge in [0, 0.05) is 5.69 Å². The molecule has 0 spiro atoms. The molecule has 1 saturated heterocycles. The molecule has 164 valence electrons. The van der Waals surface area contributed by atoms with E-state index in [9.17, 15) is 14.7 Å². The SMILES string of the molecule is COc1ccc(OC)c(/C(O)=C2/C(=O)C(=O)N(c3cc(C)ccc3C)C2c2ccco2)c1. The predicted molar refractivity (Wildman–Crippen MR) is 119 cm³/mol. The van der Waals surface area contributed by atoms with Gasteiger partial charge in [0.1, 0.15) is 29.1 Å². The van der Waals surface area contributed by atoms with Gasteiger partial charge in [-0.3, -0.25) is 14.5 Å². The van der Waals surface area contributed by atoms with Crippen LogP contribution in [0.2, 0.25) is 0 Å². The molecule has 1 aliphatic rings. The van der Waals surface area contributed by atoms with Crippen molar-refractivity contribution in [3.8, 4) is 11.5 Å². The van der Waals surface area contributed by atoms with E-state index in [1.165, 1.54) is 25.4 Å². The van der Waals surface area contributed by atoms with E-state index in [1.54, 1.807) is 30.3 Å². The van der Waals surface area contributed by atoms with E-state index in [0.717, 1.165) is 11.1 Å². The molecule has 1 aliphatic heterocycles. The molecule has 1 unspecified atom stereocenters. The van der Waals surface area contributed by atoms with Gasteiger partial charge in [-0.25, -0.2) is 0 Å². The fourth-order valence-electron chi connectivity index (χ4n) is 3.92. The van der Waals surface area contributed by atoms with Crippen LogP contribution in [0.3, 0.4) is 0 Å². The van der Waals surface area contributed by atoms with E-state index in [-0.39, 0.29) is 16.9 Å². The zero-order valence-corrected chi connectivity index (χ0v) is 18.2. The van der Waals surface area contributed by atoms with Gasteiger partial charge in [0.15, 0.2) is 0 Å². The van der Waals surface area contributed by atoms with Crippen molar-refractivity contribution >= 4 is 23.1 Å². The Hall–Kier alpha value is -4.00. The zero-order chi connectivity index (χ0) is 23.0. The molecule has 0 radical (unpaired) electrons. The van der Waals surface area contributed by atoms with Crippen LogP contribution < -0.4 is 14.4 Å². The summed E-state index contributed by atoms with van der Waals surface area (Å²) < 4.78 is 16.2. The van der Waals surface area contributed by atoms with Gasteiger partial charge in [0.2, 0.25) is 0 Å². The zero-order valence-electron chi connectivity index (χ0n) is 18.2. The molecule has 0 saturated carbocycles. The summed E-state index contributed by atoms with van der Waals surface area (Å²) >= 11 is 0. The highest BCUT2D eigenvalue weighted by Gasteiger charge is 2.49. The predicted octanol–water partition coefficient (Wildman–Crippen LogP) is 4.54. The number of nitrogens with zero attached hydrogens (tertiary/aromatic N) is 1. The number of aliphatic hydroxyl groups is 1. The number of Topliss-reactive ketones (excluding diaryl/α,β-unsaturated/α-hetero) is 1. The quantitative estimate of drug-likeness (QED) is 0.361. The van der Waals surface area contributed by atoms with Gasteiger partial charge in [-0.15, -0.1) is 0 Å². The van der Waals surface area contributed by atoms with Gasteiger partial charge in [-0.1, -0.05) is 12.1 Å². The summed E-state index contributed by atoms with van der Waals surface area (Å²) in [5.41, 5.74) is 2.47. The molecule has 1 atom stereocenters. The molecule has 32 heavy (non-hydrogen) atoms. The first-order chi connectivity index (χ1) is 15.4. The molecular formula is C25H23NO6. The molecule has 7 nitrogen and oxygen atoms in total. The average molecular weight is 433 g/mol. The monoisotopic (exact) mass is 433 g/mol. The van der Waals surface area contributed by atoms with Crippen molar-refractivity contribution in [2.45, 2.75) is 19.9 Å². The second-order valence-electron chi connectivity index (χ2n) is 7.54. The maximum absolute atomic E-state index is 13.2. The lowest BCUT2D eigenvalue weighted by Crippen LogP contribution is -2.30. The van der Waals surface area contributed by atoms with E-state index in [4.69, 9.17) is 13.9 Å². The molecule has 4 rings (SSSR count). The third kappa shape index (κ3) is 3.41. The van der Waals surface area contributed by atoms with Gasteiger partial charge in [-0.2, -0.15) is 0 Å². The highest BCUT2D eigenvalue weighted by Crippen LogP contribution is 2.44. The molecule has 1 aromatic heterocycles. The number of anilines is 1. The molecular weight excluding hydrogens is 410 g/mol. The lowest BCUT2D eigenvalue weighted by molar-refractivity contribution is -0.132. The van der Waals surface area contributed by atoms with Crippen LogP contribution in [-0.2, 0) is 9.59 Å². The third-order valence-corrected chi connectivity index (χ3v) is 5.54. The first-order valence-corrected chi connectivity index (χ1v) is 10.0. The van der Waals surface area contributed by atoms with E-state index in [0.29, 0.717) is 22.9 Å². The van der Waals surface area contributed by atoms with Gasteiger partial charge in [0.05, 0.1) is 31.6 Å². The number of ether oxygens (including phenoxy) is 2. The molecule has 2 heterocycles. The molecule has 0 aliphatic carbocycles. The second kappa shape index (κ2) is 8.26. The Kier molecular flexibility index (Phi) is 5.48. The summed E-state index contributed by atoms with van der Waals surface area (Å²) in [4.78, 5) is 27.8. The van der Waals surface area contributed by atoms with Crippen molar-refractivity contribution in [3.63, 3.8) is 0 Å². The summed E-state index contributed by atoms with van der Waals surface area (Å²) in [7, 11) is 2.95. The van der Waals surface area contributed by atoms with Crippen molar-refractivity contribution in [1.29, 1.82) is 0 Å². The minimum Gasteiger partial charge on any atom is -0.507 e. The van der Waals surface area contributed by atoms with E-state index in [1.807, 2.05) is 32.0 Å². The minimum absolute atomic E-state index is 0.0857. The summed E-state index contributed by atoms with van der Waals surface area (Å²) in [5.74, 6) is -0.773. The first-order valence-electron chi connectivity index (χ1n) is 10.0. The average Bonchev–Trinajstić information content (AvgIpc) is 3.41. The summed E-state index contributed by atoms with van der Waals surface area (Å²) in [6.45, 7) is 3.76. The number of furan rings is 1. The van der Waals surface area contributed by atoms with Gasteiger partial charge in [0.25, 0.3) is 11.7 Å². The summed E-state index contributed by atoms with van der Waals surface area (Å²) in [6, 6.07) is 12.9. The van der Waals surface area contributed by atoms with Crippen LogP contribution in [0, 0.1) is 13.8 Å². The minimum atomic E-state index is -0.943. The van der Waals surface area contributed by atoms with Crippen LogP contribution in [0.5, 0.6) is 11.5 Å². The number of carbonyl (C=O) groups excluding carboxylic acids is 2. The van der Waals surface area contributed by atoms with Gasteiger partial charge in [-0.05, 0) is 61.4 Å². The van der Waals surface area contributed by atoms with Crippen LogP contribution in [0.15, 0.2) is 64.8 Å². The number of aliphatic hydroxyl groups excluding tert-OH is 1. The lowest BCUT2D eigenvalue weighted by atomic mass is 9.98. The first kappa shape index (κ1) is 21.2. The molecule has 7 heteroatoms. The highest BCUT2D eigenvalue weighted by atomic mass is 16.5. The standard InChI is InChI=1S/C25H23NO6/c1-14-7-8-15(2)18(12-14)26-22(20-6-5-11-32-20)21(24(28)25(26)29)23(27)17-13-16(30-3)9-10-19(17)31-4/h5-13,22,27H,1-4H3/b23-21-. The second-order valence-corrected chi connectivity index (χ2v) is 7.54. The van der Waals surface area contributed by atoms with Gasteiger partial charge < -0.3 is 19.0 Å². The van der Waals surface area contributed by atoms with Crippen molar-refractivity contribution in [1.82, 2.24) is 0 Å². The number of methoxy groups -OCH3 is 2. The number of ketones is 1. The number of amides is 1. The number of benzene rings is 2. The van der Waals surface area contributed by atoms with Crippen molar-refractivity contribution in [2.24, 2.45) is 0 Å². The maximum atomic E-state index is 13.2. The normalized spacial score (nSPS) is 17.6. The Morgan fingerprint density at radius 3 is 2.47 bits per heavy atom. The molecule has 1 N–H and O–H groups in total. The van der Waals surface area contributed by atoms with E-state index in [2.05, 4.69) is 0 Å². The number of rotatable bonds is 5. The summed E-state index contributed by atoms with van der Waals surface area (Å²) in [5, 5.41) is 11.3. The Bertz CT molecular complexity index is 1230. The third-order valence-electron chi connectivity index (χ3n) is 5.54. The van der Waals surface area contributed by atoms with Crippen molar-refractivity contribution in [2.75, 3.05) is 19.1 Å². The number of hydrogen-bond donors (Lipinski definition) is 1. The highest BCUT2D eigenvalue weighted by molar-refractivity contribution is 6.51. The number of aryl methyl sites for hydroxylation is 2. The smallest absolute Gasteiger partial charge is 0.300 e. The van der Waals surface area contributed by atoms with Gasteiger partial charge >= 0.3 is 0 Å². The molecule has 2 aromatic carbocycles. The topological polar surface area (TPSA) is 89.2 Å². The largest absolute Gasteiger partial charge is 0.507 e. The molecule has 1 fully saturated rings. The fraction of sp³-hybridized carbons (Fsp3) is 0.200. The maximum Gasteiger partial charge on any atom is 0.300 e. The molecule has 3 aromatic rings. The van der Waals surface area contributed by atoms with E-state index >= 15 is 0 Å². The fourth-order valence-corrected chi connectivity index (χ4v) is 3.92. The number of hydrogen-bond acceptors (Lipinski definition) is 6. The summed E-state index contributed by atoms with van der Waals surface area (Å²) in [6.07, 6.45) is 1.46. The van der Waals surface area contributed by atoms with Crippen LogP contribution in [-0.4, -0.2) is 31.0 Å². The molecule has 0 bridgehead atoms. The Morgan fingerprint density at radius 2 is 1.81 bits per heavy atom. The number of carbonyl (C=O) groups is 2. The van der Waals surface area contributed by atoms with Crippen LogP contribution >= 0.6 is 0 Å². The van der Waals surface area contributed by atoms with Crippen LogP contribution in [0.4, 0.5) is 5.69 Å². The Balaban J connectivity index is 1.99. The Morgan fingerprint density at radius 1 is 1.03 bits per heavy atom. The lowest BCUT2D eigenvalue weighted by Gasteiger charge is -2.25. The Labute approximate surface area is 185 Å². The van der Waals surface area contributed by atoms with Crippen molar-refractivity contribution < 1.29 is 28.6 Å². The van der Waals surface area contributed by atoms with E-state index < -0.39 is 17.7 Å². The van der Waals surface area contributed by atoms with Crippen LogP contribution in [0.25, 0.3) is 5.76 Å². The molecule has 1 amide bonds. The van der Waals surface area contributed by atoms with Crippen molar-refractivity contribution in [3.05, 3.63) is 82.8 Å². The van der Waals surface area contributed by atoms with Crippen LogP contribution in [0.1, 0.15) is 28.5 Å².